The summed E-state index contributed by atoms with van der Waals surface area (Å²) in [6, 6.07) is 15.2. The molecule has 2 atom stereocenters. The van der Waals surface area contributed by atoms with Crippen LogP contribution >= 0.6 is 23.1 Å². The molecule has 2 saturated heterocycles. The molecule has 3 aromatic carbocycles. The Balaban J connectivity index is 1.15. The van der Waals surface area contributed by atoms with Gasteiger partial charge in [-0.05, 0) is 67.8 Å². The molecule has 0 unspecified atom stereocenters. The lowest BCUT2D eigenvalue weighted by atomic mass is 9.81. The summed E-state index contributed by atoms with van der Waals surface area (Å²) in [7, 11) is 0. The van der Waals surface area contributed by atoms with Crippen LogP contribution in [0.1, 0.15) is 36.8 Å². The first-order chi connectivity index (χ1) is 22.6. The van der Waals surface area contributed by atoms with Crippen LogP contribution in [0.25, 0.3) is 16.3 Å². The summed E-state index contributed by atoms with van der Waals surface area (Å²) in [6.45, 7) is 1.85. The number of aryl methyl sites for hydroxylation is 1. The highest BCUT2D eigenvalue weighted by Gasteiger charge is 2.48. The molecular formula is C33H25N5O7S2. The number of aromatic nitrogens is 1. The van der Waals surface area contributed by atoms with Crippen molar-refractivity contribution in [3.63, 3.8) is 0 Å². The zero-order valence-electron chi connectivity index (χ0n) is 24.8. The zero-order chi connectivity index (χ0) is 33.0. The largest absolute Gasteiger partial charge is 0.335 e. The number of barbiturate groups is 1. The number of nitro benzene ring substituents is 1. The van der Waals surface area contributed by atoms with Crippen molar-refractivity contribution >= 4 is 86.1 Å². The summed E-state index contributed by atoms with van der Waals surface area (Å²) in [5, 5.41) is 14.3. The molecule has 7 rings (SSSR count). The van der Waals surface area contributed by atoms with Crippen LogP contribution in [-0.4, -0.2) is 39.6 Å². The number of imide groups is 3. The number of hydrogen-bond acceptors (Lipinski definition) is 10. The van der Waals surface area contributed by atoms with Gasteiger partial charge in [-0.2, -0.15) is 0 Å². The minimum atomic E-state index is -0.908. The first-order valence-corrected chi connectivity index (χ1v) is 16.4. The maximum absolute atomic E-state index is 13.2. The van der Waals surface area contributed by atoms with Gasteiger partial charge in [0.1, 0.15) is 5.57 Å². The van der Waals surface area contributed by atoms with E-state index in [1.165, 1.54) is 40.5 Å². The molecule has 236 valence electrons. The monoisotopic (exact) mass is 667 g/mol. The van der Waals surface area contributed by atoms with Crippen molar-refractivity contribution in [3.8, 4) is 0 Å². The number of nitrogens with zero attached hydrogens (tertiary/aromatic N) is 4. The van der Waals surface area contributed by atoms with Crippen LogP contribution in [0.4, 0.5) is 21.9 Å². The summed E-state index contributed by atoms with van der Waals surface area (Å²) in [6.07, 6.45) is 4.53. The number of nitrogens with one attached hydrogen (secondary N) is 1. The molecule has 4 aromatic rings. The van der Waals surface area contributed by atoms with E-state index >= 15 is 0 Å². The van der Waals surface area contributed by atoms with Gasteiger partial charge in [-0.15, -0.1) is 11.3 Å². The number of urea groups is 1. The van der Waals surface area contributed by atoms with Gasteiger partial charge in [-0.25, -0.2) is 14.7 Å². The van der Waals surface area contributed by atoms with E-state index in [1.54, 1.807) is 42.5 Å². The van der Waals surface area contributed by atoms with Crippen LogP contribution in [0, 0.1) is 28.9 Å². The van der Waals surface area contributed by atoms with E-state index in [-0.39, 0.29) is 51.1 Å². The number of nitro groups is 1. The first-order valence-electron chi connectivity index (χ1n) is 14.8. The zero-order valence-corrected chi connectivity index (χ0v) is 26.4. The minimum absolute atomic E-state index is 0.161. The third-order valence-corrected chi connectivity index (χ3v) is 10.7. The van der Waals surface area contributed by atoms with Crippen LogP contribution in [0.3, 0.4) is 0 Å². The molecule has 2 aliphatic heterocycles. The Morgan fingerprint density at radius 2 is 1.60 bits per heavy atom. The second-order valence-corrected chi connectivity index (χ2v) is 13.8. The standard InChI is InChI=1S/C33H25N5O7S2/c1-17-6-9-19(10-7-17)37-31(42)23(28(39)35-32(37)43)14-18-8-13-26(25(15-18)38(44)45)46-33-34-24-12-11-20(16-27(24)47-33)36-29(40)21-4-2-3-5-22(21)30(36)41/h6-16,21-22H,2-5H2,1H3,(H,35,39,43)/b23-14+/t21-,22-/m0/s1. The minimum Gasteiger partial charge on any atom is -0.274 e. The molecule has 6 amide bonds. The van der Waals surface area contributed by atoms with Gasteiger partial charge in [0.25, 0.3) is 17.5 Å². The molecule has 0 bridgehead atoms. The summed E-state index contributed by atoms with van der Waals surface area (Å²) in [5.74, 6) is -2.61. The van der Waals surface area contributed by atoms with E-state index in [0.29, 0.717) is 15.5 Å². The molecule has 1 aliphatic carbocycles. The smallest absolute Gasteiger partial charge is 0.274 e. The molecule has 3 aliphatic rings. The van der Waals surface area contributed by atoms with E-state index in [0.717, 1.165) is 52.6 Å². The van der Waals surface area contributed by atoms with Gasteiger partial charge in [0.05, 0.1) is 43.2 Å². The Kier molecular flexibility index (Phi) is 7.68. The lowest BCUT2D eigenvalue weighted by molar-refractivity contribution is -0.387. The van der Waals surface area contributed by atoms with Gasteiger partial charge in [0, 0.05) is 6.07 Å². The SMILES string of the molecule is Cc1ccc(N2C(=O)NC(=O)/C(=C\c3ccc(Sc4nc5ccc(N6C(=O)[C@H]7CCCC[C@@H]7C6=O)cc5s4)c([N+](=O)[O-])c3)C2=O)cc1. The Morgan fingerprint density at radius 3 is 2.28 bits per heavy atom. The number of rotatable bonds is 6. The molecule has 0 spiro atoms. The molecule has 3 heterocycles. The molecule has 3 fully saturated rings. The highest BCUT2D eigenvalue weighted by atomic mass is 32.2. The lowest BCUT2D eigenvalue weighted by Gasteiger charge is -2.26. The quantitative estimate of drug-likeness (QED) is 0.0854. The number of thiazole rings is 1. The van der Waals surface area contributed by atoms with Crippen LogP contribution in [-0.2, 0) is 19.2 Å². The molecule has 14 heteroatoms. The third kappa shape index (κ3) is 5.48. The average molecular weight is 668 g/mol. The fourth-order valence-corrected chi connectivity index (χ4v) is 8.33. The Morgan fingerprint density at radius 1 is 0.915 bits per heavy atom. The summed E-state index contributed by atoms with van der Waals surface area (Å²) in [5.41, 5.74) is 1.90. The molecular weight excluding hydrogens is 643 g/mol. The molecule has 0 radical (unpaired) electrons. The van der Waals surface area contributed by atoms with Crippen LogP contribution < -0.4 is 15.1 Å². The summed E-state index contributed by atoms with van der Waals surface area (Å²) < 4.78 is 1.23. The number of carbonyl (C=O) groups is 5. The Bertz CT molecular complexity index is 2050. The summed E-state index contributed by atoms with van der Waals surface area (Å²) in [4.78, 5) is 83.1. The number of anilines is 2. The molecule has 1 N–H and O–H groups in total. The maximum Gasteiger partial charge on any atom is 0.335 e. The number of amides is 6. The summed E-state index contributed by atoms with van der Waals surface area (Å²) >= 11 is 2.36. The van der Waals surface area contributed by atoms with Crippen molar-refractivity contribution < 1.29 is 28.9 Å². The molecule has 1 saturated carbocycles. The van der Waals surface area contributed by atoms with E-state index in [2.05, 4.69) is 10.3 Å². The number of carbonyl (C=O) groups excluding carboxylic acids is 5. The average Bonchev–Trinajstić information content (AvgIpc) is 3.57. The second-order valence-electron chi connectivity index (χ2n) is 11.5. The Labute approximate surface area is 275 Å². The van der Waals surface area contributed by atoms with Crippen molar-refractivity contribution in [1.82, 2.24) is 10.3 Å². The highest BCUT2D eigenvalue weighted by Crippen LogP contribution is 2.43. The van der Waals surface area contributed by atoms with Crippen molar-refractivity contribution in [2.45, 2.75) is 41.8 Å². The fraction of sp³-hybridized carbons (Fsp3) is 0.212. The van der Waals surface area contributed by atoms with Gasteiger partial charge in [0.15, 0.2) is 4.34 Å². The van der Waals surface area contributed by atoms with Crippen molar-refractivity contribution in [2.24, 2.45) is 11.8 Å². The van der Waals surface area contributed by atoms with Gasteiger partial charge >= 0.3 is 6.03 Å². The van der Waals surface area contributed by atoms with Gasteiger partial charge in [-0.3, -0.25) is 39.5 Å². The predicted molar refractivity (Wildman–Crippen MR) is 175 cm³/mol. The Hall–Kier alpha value is -5.21. The third-order valence-electron chi connectivity index (χ3n) is 8.53. The molecule has 47 heavy (non-hydrogen) atoms. The first kappa shape index (κ1) is 30.4. The fourth-order valence-electron chi connectivity index (χ4n) is 6.19. The van der Waals surface area contributed by atoms with Gasteiger partial charge in [-0.1, -0.05) is 48.4 Å². The van der Waals surface area contributed by atoms with E-state index < -0.39 is 22.8 Å². The van der Waals surface area contributed by atoms with E-state index in [9.17, 15) is 34.1 Å². The highest BCUT2D eigenvalue weighted by molar-refractivity contribution is 8.01. The van der Waals surface area contributed by atoms with Crippen LogP contribution in [0.2, 0.25) is 0 Å². The van der Waals surface area contributed by atoms with Crippen molar-refractivity contribution in [2.75, 3.05) is 9.80 Å². The second kappa shape index (κ2) is 11.9. The van der Waals surface area contributed by atoms with E-state index in [4.69, 9.17) is 0 Å². The van der Waals surface area contributed by atoms with Crippen LogP contribution in [0.5, 0.6) is 0 Å². The van der Waals surface area contributed by atoms with Crippen molar-refractivity contribution in [3.05, 3.63) is 87.5 Å². The molecule has 12 nitrogen and oxygen atoms in total. The van der Waals surface area contributed by atoms with E-state index in [1.807, 2.05) is 6.92 Å². The lowest BCUT2D eigenvalue weighted by Crippen LogP contribution is -2.54. The normalized spacial score (nSPS) is 20.7. The maximum atomic E-state index is 13.2. The van der Waals surface area contributed by atoms with Crippen molar-refractivity contribution in [1.29, 1.82) is 0 Å². The van der Waals surface area contributed by atoms with Gasteiger partial charge < -0.3 is 0 Å². The number of fused-ring (bicyclic) bond motifs is 2. The number of hydrogen-bond donors (Lipinski definition) is 1. The molecule has 1 aromatic heterocycles. The van der Waals surface area contributed by atoms with Crippen LogP contribution in [0.15, 0.2) is 75.5 Å². The topological polar surface area (TPSA) is 160 Å². The van der Waals surface area contributed by atoms with Gasteiger partial charge in [0.2, 0.25) is 11.8 Å². The number of benzene rings is 3. The predicted octanol–water partition coefficient (Wildman–Crippen LogP) is 6.01.